The minimum absolute atomic E-state index is 0.261. The molecule has 0 saturated carbocycles. The van der Waals surface area contributed by atoms with Crippen molar-refractivity contribution in [2.75, 3.05) is 11.1 Å². The van der Waals surface area contributed by atoms with E-state index in [4.69, 9.17) is 5.73 Å². The Morgan fingerprint density at radius 3 is 3.05 bits per heavy atom. The second-order valence-electron chi connectivity index (χ2n) is 4.46. The van der Waals surface area contributed by atoms with Crippen molar-refractivity contribution in [2.45, 2.75) is 6.54 Å². The van der Waals surface area contributed by atoms with E-state index in [1.165, 1.54) is 11.3 Å². The number of nitrogens with one attached hydrogen (secondary N) is 1. The van der Waals surface area contributed by atoms with E-state index in [0.717, 1.165) is 11.3 Å². The van der Waals surface area contributed by atoms with E-state index in [1.807, 2.05) is 35.0 Å². The van der Waals surface area contributed by atoms with E-state index in [9.17, 15) is 4.79 Å². The van der Waals surface area contributed by atoms with E-state index in [0.29, 0.717) is 17.4 Å². The molecule has 1 aromatic carbocycles. The molecule has 0 spiro atoms. The van der Waals surface area contributed by atoms with Gasteiger partial charge in [0.25, 0.3) is 5.91 Å². The molecule has 3 N–H and O–H groups in total. The van der Waals surface area contributed by atoms with Crippen molar-refractivity contribution >= 4 is 28.1 Å². The van der Waals surface area contributed by atoms with Gasteiger partial charge in [0.05, 0.1) is 6.33 Å². The van der Waals surface area contributed by atoms with Crippen LogP contribution in [0, 0.1) is 0 Å². The number of benzene rings is 1. The molecule has 3 rings (SSSR count). The number of nitrogens with zero attached hydrogens (tertiary/aromatic N) is 3. The molecule has 2 heterocycles. The van der Waals surface area contributed by atoms with Crippen LogP contribution >= 0.6 is 11.3 Å². The summed E-state index contributed by atoms with van der Waals surface area (Å²) >= 11 is 1.24. The monoisotopic (exact) mass is 299 g/mol. The highest BCUT2D eigenvalue weighted by atomic mass is 32.1. The Labute approximate surface area is 125 Å². The first kappa shape index (κ1) is 13.3. The van der Waals surface area contributed by atoms with Crippen molar-refractivity contribution in [3.63, 3.8) is 0 Å². The quantitative estimate of drug-likeness (QED) is 0.773. The van der Waals surface area contributed by atoms with Crippen LogP contribution in [0.5, 0.6) is 0 Å². The summed E-state index contributed by atoms with van der Waals surface area (Å²) in [6.07, 6.45) is 5.38. The van der Waals surface area contributed by atoms with Crippen molar-refractivity contribution in [3.05, 3.63) is 59.6 Å². The number of hydrogen-bond acceptors (Lipinski definition) is 5. The third-order valence-electron chi connectivity index (χ3n) is 2.86. The standard InChI is InChI=1S/C14H13N5OS/c15-14-18-12(8-21-14)13(20)17-11-3-1-2-10(6-11)7-19-5-4-16-9-19/h1-6,8-9H,7H2,(H2,15,18)(H,17,20). The lowest BCUT2D eigenvalue weighted by molar-refractivity contribution is 0.102. The molecular weight excluding hydrogens is 286 g/mol. The van der Waals surface area contributed by atoms with E-state index in [1.54, 1.807) is 17.9 Å². The molecule has 0 saturated heterocycles. The predicted octanol–water partition coefficient (Wildman–Crippen LogP) is 2.22. The predicted molar refractivity (Wildman–Crippen MR) is 82.3 cm³/mol. The summed E-state index contributed by atoms with van der Waals surface area (Å²) in [5.74, 6) is -0.261. The minimum Gasteiger partial charge on any atom is -0.375 e. The Balaban J connectivity index is 1.72. The lowest BCUT2D eigenvalue weighted by atomic mass is 10.2. The number of amides is 1. The van der Waals surface area contributed by atoms with Crippen molar-refractivity contribution < 1.29 is 4.79 Å². The number of nitrogens with two attached hydrogens (primary N) is 1. The Morgan fingerprint density at radius 1 is 1.43 bits per heavy atom. The van der Waals surface area contributed by atoms with Gasteiger partial charge in [0, 0.05) is 30.0 Å². The van der Waals surface area contributed by atoms with Crippen LogP contribution in [0.2, 0.25) is 0 Å². The average Bonchev–Trinajstić information content (AvgIpc) is 3.11. The molecule has 0 aliphatic rings. The lowest BCUT2D eigenvalue weighted by Gasteiger charge is -2.07. The number of carbonyl (C=O) groups excluding carboxylic acids is 1. The van der Waals surface area contributed by atoms with Gasteiger partial charge in [-0.1, -0.05) is 12.1 Å². The van der Waals surface area contributed by atoms with Gasteiger partial charge < -0.3 is 15.6 Å². The van der Waals surface area contributed by atoms with Crippen LogP contribution in [0.3, 0.4) is 0 Å². The number of hydrogen-bond donors (Lipinski definition) is 2. The van der Waals surface area contributed by atoms with E-state index in [-0.39, 0.29) is 5.91 Å². The van der Waals surface area contributed by atoms with Gasteiger partial charge in [0.2, 0.25) is 0 Å². The zero-order valence-electron chi connectivity index (χ0n) is 11.1. The van der Waals surface area contributed by atoms with Crippen LogP contribution in [0.25, 0.3) is 0 Å². The van der Waals surface area contributed by atoms with Crippen LogP contribution in [-0.2, 0) is 6.54 Å². The Morgan fingerprint density at radius 2 is 2.33 bits per heavy atom. The third kappa shape index (κ3) is 3.26. The summed E-state index contributed by atoms with van der Waals surface area (Å²) < 4.78 is 1.96. The van der Waals surface area contributed by atoms with Gasteiger partial charge in [-0.3, -0.25) is 4.79 Å². The maximum Gasteiger partial charge on any atom is 0.275 e. The highest BCUT2D eigenvalue weighted by Gasteiger charge is 2.10. The van der Waals surface area contributed by atoms with Crippen LogP contribution < -0.4 is 11.1 Å². The smallest absolute Gasteiger partial charge is 0.275 e. The van der Waals surface area contributed by atoms with Crippen LogP contribution in [-0.4, -0.2) is 20.4 Å². The highest BCUT2D eigenvalue weighted by Crippen LogP contribution is 2.15. The molecule has 6 nitrogen and oxygen atoms in total. The van der Waals surface area contributed by atoms with E-state index >= 15 is 0 Å². The number of nitrogen functional groups attached to an aromatic ring is 1. The second-order valence-corrected chi connectivity index (χ2v) is 5.35. The summed E-state index contributed by atoms with van der Waals surface area (Å²) in [6, 6.07) is 7.66. The average molecular weight is 299 g/mol. The SMILES string of the molecule is Nc1nc(C(=O)Nc2cccc(Cn3ccnc3)c2)cs1. The number of carbonyl (C=O) groups is 1. The number of aromatic nitrogens is 3. The van der Waals surface area contributed by atoms with Gasteiger partial charge in [-0.2, -0.15) is 0 Å². The molecule has 0 atom stereocenters. The molecule has 1 amide bonds. The summed E-state index contributed by atoms with van der Waals surface area (Å²) in [7, 11) is 0. The molecule has 0 unspecified atom stereocenters. The second kappa shape index (κ2) is 5.76. The van der Waals surface area contributed by atoms with Crippen molar-refractivity contribution in [2.24, 2.45) is 0 Å². The maximum absolute atomic E-state index is 12.0. The summed E-state index contributed by atoms with van der Waals surface area (Å²) in [5, 5.41) is 4.84. The minimum atomic E-state index is -0.261. The van der Waals surface area contributed by atoms with Gasteiger partial charge in [-0.05, 0) is 17.7 Å². The van der Waals surface area contributed by atoms with Crippen LogP contribution in [0.15, 0.2) is 48.4 Å². The Hall–Kier alpha value is -2.67. The number of imidazole rings is 1. The maximum atomic E-state index is 12.0. The fraction of sp³-hybridized carbons (Fsp3) is 0.0714. The molecule has 0 radical (unpaired) electrons. The van der Waals surface area contributed by atoms with Gasteiger partial charge >= 0.3 is 0 Å². The van der Waals surface area contributed by atoms with Crippen LogP contribution in [0.4, 0.5) is 10.8 Å². The fourth-order valence-corrected chi connectivity index (χ4v) is 2.47. The molecule has 106 valence electrons. The molecular formula is C14H13N5OS. The fourth-order valence-electron chi connectivity index (χ4n) is 1.93. The molecule has 3 aromatic rings. The van der Waals surface area contributed by atoms with E-state index in [2.05, 4.69) is 15.3 Å². The highest BCUT2D eigenvalue weighted by molar-refractivity contribution is 7.13. The number of thiazole rings is 1. The zero-order valence-corrected chi connectivity index (χ0v) is 11.9. The molecule has 21 heavy (non-hydrogen) atoms. The molecule has 0 aliphatic heterocycles. The Kier molecular flexibility index (Phi) is 3.65. The Bertz CT molecular complexity index is 750. The number of rotatable bonds is 4. The van der Waals surface area contributed by atoms with Gasteiger partial charge in [-0.15, -0.1) is 11.3 Å². The molecule has 0 aliphatic carbocycles. The third-order valence-corrected chi connectivity index (χ3v) is 3.54. The molecule has 2 aromatic heterocycles. The summed E-state index contributed by atoms with van der Waals surface area (Å²) in [6.45, 7) is 0.702. The molecule has 7 heteroatoms. The van der Waals surface area contributed by atoms with Gasteiger partial charge in [0.15, 0.2) is 5.13 Å². The molecule has 0 bridgehead atoms. The van der Waals surface area contributed by atoms with Crippen molar-refractivity contribution in [1.29, 1.82) is 0 Å². The first-order chi connectivity index (χ1) is 10.2. The van der Waals surface area contributed by atoms with Gasteiger partial charge in [0.1, 0.15) is 5.69 Å². The van der Waals surface area contributed by atoms with Crippen LogP contribution in [0.1, 0.15) is 16.1 Å². The van der Waals surface area contributed by atoms with E-state index < -0.39 is 0 Å². The largest absolute Gasteiger partial charge is 0.375 e. The topological polar surface area (TPSA) is 85.8 Å². The first-order valence-electron chi connectivity index (χ1n) is 6.28. The summed E-state index contributed by atoms with van der Waals surface area (Å²) in [5.41, 5.74) is 7.66. The normalized spacial score (nSPS) is 10.5. The van der Waals surface area contributed by atoms with Gasteiger partial charge in [-0.25, -0.2) is 9.97 Å². The number of anilines is 2. The lowest BCUT2D eigenvalue weighted by Crippen LogP contribution is -2.12. The van der Waals surface area contributed by atoms with Crippen molar-refractivity contribution in [1.82, 2.24) is 14.5 Å². The summed E-state index contributed by atoms with van der Waals surface area (Å²) in [4.78, 5) is 20.0. The van der Waals surface area contributed by atoms with Crippen molar-refractivity contribution in [3.8, 4) is 0 Å². The first-order valence-corrected chi connectivity index (χ1v) is 7.16. The zero-order chi connectivity index (χ0) is 14.7. The molecule has 0 fully saturated rings.